The Labute approximate surface area is 136 Å². The number of carbonyl (C=O) groups excluding carboxylic acids is 2. The molecule has 1 aromatic rings. The fraction of sp³-hybridized carbons (Fsp3) is 0.600. The molecule has 0 bridgehead atoms. The summed E-state index contributed by atoms with van der Waals surface area (Å²) < 4.78 is 0. The van der Waals surface area contributed by atoms with E-state index in [1.807, 2.05) is 27.0 Å². The molecule has 0 saturated heterocycles. The molecule has 0 spiro atoms. The minimum Gasteiger partial charge on any atom is -0.365 e. The van der Waals surface area contributed by atoms with Crippen molar-refractivity contribution in [3.63, 3.8) is 0 Å². The summed E-state index contributed by atoms with van der Waals surface area (Å²) in [5.41, 5.74) is 6.56. The smallest absolute Gasteiger partial charge is 0.252 e. The Morgan fingerprint density at radius 2 is 2.05 bits per heavy atom. The van der Waals surface area contributed by atoms with E-state index in [1.165, 1.54) is 11.8 Å². The van der Waals surface area contributed by atoms with Crippen LogP contribution < -0.4 is 11.1 Å². The van der Waals surface area contributed by atoms with E-state index in [1.54, 1.807) is 0 Å². The van der Waals surface area contributed by atoms with Crippen LogP contribution in [-0.4, -0.2) is 47.1 Å². The largest absolute Gasteiger partial charge is 0.365 e. The van der Waals surface area contributed by atoms with Crippen LogP contribution in [0.3, 0.4) is 0 Å². The molecule has 1 unspecified atom stereocenters. The molecule has 0 fully saturated rings. The van der Waals surface area contributed by atoms with Gasteiger partial charge in [0.2, 0.25) is 5.91 Å². The zero-order chi connectivity index (χ0) is 16.9. The number of likely N-dealkylation sites (N-methyl/N-ethyl adjacent to an activating group) is 1. The normalized spacial score (nSPS) is 12.5. The maximum Gasteiger partial charge on any atom is 0.252 e. The highest BCUT2D eigenvalue weighted by molar-refractivity contribution is 7.98. The molecule has 1 aromatic heterocycles. The first kappa shape index (κ1) is 18.6. The molecular weight excluding hydrogens is 300 g/mol. The van der Waals surface area contributed by atoms with Crippen molar-refractivity contribution in [3.8, 4) is 0 Å². The number of carbonyl (C=O) groups is 2. The van der Waals surface area contributed by atoms with Gasteiger partial charge >= 0.3 is 0 Å². The van der Waals surface area contributed by atoms with Crippen LogP contribution in [0.15, 0.2) is 5.03 Å². The van der Waals surface area contributed by atoms with E-state index < -0.39 is 5.91 Å². The number of nitrogens with two attached hydrogens (primary N) is 1. The highest BCUT2D eigenvalue weighted by Gasteiger charge is 2.24. The number of nitrogens with one attached hydrogen (secondary N) is 2. The Balaban J connectivity index is 2.99. The van der Waals surface area contributed by atoms with Gasteiger partial charge in [0, 0.05) is 0 Å². The third-order valence-corrected chi connectivity index (χ3v) is 4.56. The van der Waals surface area contributed by atoms with Gasteiger partial charge in [0.1, 0.15) is 5.82 Å². The molecule has 7 heteroatoms. The van der Waals surface area contributed by atoms with Crippen LogP contribution in [0.25, 0.3) is 0 Å². The SMILES string of the molecule is CCCN(CC)C(C)C(=O)Nc1[nH]c(SC)c(C)c1C(N)=O. The molecule has 0 aliphatic carbocycles. The van der Waals surface area contributed by atoms with Crippen molar-refractivity contribution in [2.75, 3.05) is 24.7 Å². The van der Waals surface area contributed by atoms with E-state index in [-0.39, 0.29) is 11.9 Å². The van der Waals surface area contributed by atoms with Crippen molar-refractivity contribution in [1.29, 1.82) is 0 Å². The molecular formula is C15H26N4O2S. The number of anilines is 1. The zero-order valence-electron chi connectivity index (χ0n) is 13.9. The second kappa shape index (κ2) is 8.24. The predicted octanol–water partition coefficient (Wildman–Crippen LogP) is 2.20. The Morgan fingerprint density at radius 1 is 1.41 bits per heavy atom. The molecule has 1 atom stereocenters. The minimum atomic E-state index is -0.544. The van der Waals surface area contributed by atoms with Gasteiger partial charge in [-0.1, -0.05) is 13.8 Å². The molecule has 124 valence electrons. The van der Waals surface area contributed by atoms with Crippen LogP contribution in [0.5, 0.6) is 0 Å². The number of thioether (sulfide) groups is 1. The first-order valence-electron chi connectivity index (χ1n) is 7.48. The van der Waals surface area contributed by atoms with Gasteiger partial charge in [-0.05, 0) is 45.2 Å². The maximum atomic E-state index is 12.4. The summed E-state index contributed by atoms with van der Waals surface area (Å²) in [6.07, 6.45) is 2.88. The van der Waals surface area contributed by atoms with Gasteiger partial charge in [-0.2, -0.15) is 0 Å². The monoisotopic (exact) mass is 326 g/mol. The average molecular weight is 326 g/mol. The Morgan fingerprint density at radius 3 is 2.50 bits per heavy atom. The van der Waals surface area contributed by atoms with Gasteiger partial charge in [-0.3, -0.25) is 14.5 Å². The van der Waals surface area contributed by atoms with Crippen LogP contribution >= 0.6 is 11.8 Å². The van der Waals surface area contributed by atoms with Crippen LogP contribution in [-0.2, 0) is 4.79 Å². The Bertz CT molecular complexity index is 542. The van der Waals surface area contributed by atoms with Crippen molar-refractivity contribution < 1.29 is 9.59 Å². The lowest BCUT2D eigenvalue weighted by atomic mass is 10.2. The number of rotatable bonds is 8. The minimum absolute atomic E-state index is 0.147. The zero-order valence-corrected chi connectivity index (χ0v) is 14.8. The fourth-order valence-electron chi connectivity index (χ4n) is 2.48. The summed E-state index contributed by atoms with van der Waals surface area (Å²) in [6, 6.07) is -0.271. The first-order valence-corrected chi connectivity index (χ1v) is 8.70. The summed E-state index contributed by atoms with van der Waals surface area (Å²) in [4.78, 5) is 29.2. The lowest BCUT2D eigenvalue weighted by Crippen LogP contribution is -2.42. The third-order valence-electron chi connectivity index (χ3n) is 3.75. The Kier molecular flexibility index (Phi) is 6.96. The maximum absolute atomic E-state index is 12.4. The first-order chi connectivity index (χ1) is 10.4. The number of amides is 2. The molecule has 1 rings (SSSR count). The topological polar surface area (TPSA) is 91.2 Å². The van der Waals surface area contributed by atoms with Crippen LogP contribution in [0, 0.1) is 6.92 Å². The van der Waals surface area contributed by atoms with Crippen molar-refractivity contribution in [2.24, 2.45) is 5.73 Å². The van der Waals surface area contributed by atoms with E-state index in [0.29, 0.717) is 11.4 Å². The molecule has 22 heavy (non-hydrogen) atoms. The summed E-state index contributed by atoms with van der Waals surface area (Å²) in [7, 11) is 0. The average Bonchev–Trinajstić information content (AvgIpc) is 2.79. The Hall–Kier alpha value is -1.47. The van der Waals surface area contributed by atoms with Gasteiger partial charge in [-0.15, -0.1) is 11.8 Å². The van der Waals surface area contributed by atoms with Crippen molar-refractivity contribution in [1.82, 2.24) is 9.88 Å². The van der Waals surface area contributed by atoms with E-state index in [0.717, 1.165) is 30.1 Å². The van der Waals surface area contributed by atoms with Crippen molar-refractivity contribution in [3.05, 3.63) is 11.1 Å². The lowest BCUT2D eigenvalue weighted by molar-refractivity contribution is -0.120. The number of aromatic nitrogens is 1. The van der Waals surface area contributed by atoms with E-state index in [4.69, 9.17) is 5.73 Å². The van der Waals surface area contributed by atoms with Gasteiger partial charge in [0.15, 0.2) is 0 Å². The highest BCUT2D eigenvalue weighted by atomic mass is 32.2. The molecule has 6 nitrogen and oxygen atoms in total. The fourth-order valence-corrected chi connectivity index (χ4v) is 3.10. The van der Waals surface area contributed by atoms with Gasteiger partial charge in [-0.25, -0.2) is 0 Å². The molecule has 0 aliphatic rings. The summed E-state index contributed by atoms with van der Waals surface area (Å²) in [6.45, 7) is 9.44. The predicted molar refractivity (Wildman–Crippen MR) is 91.5 cm³/mol. The molecule has 4 N–H and O–H groups in total. The summed E-state index contributed by atoms with van der Waals surface area (Å²) >= 11 is 1.48. The highest BCUT2D eigenvalue weighted by Crippen LogP contribution is 2.28. The number of nitrogens with zero attached hydrogens (tertiary/aromatic N) is 1. The number of hydrogen-bond donors (Lipinski definition) is 3. The standard InChI is InChI=1S/C15H26N4O2S/c1-6-8-19(7-2)10(4)14(21)17-13-11(12(16)20)9(3)15(18-13)22-5/h10,18H,6-8H2,1-5H3,(H2,16,20)(H,17,21). The van der Waals surface area contributed by atoms with E-state index in [9.17, 15) is 9.59 Å². The molecule has 0 radical (unpaired) electrons. The van der Waals surface area contributed by atoms with Crippen LogP contribution in [0.4, 0.5) is 5.82 Å². The second-order valence-electron chi connectivity index (χ2n) is 5.19. The van der Waals surface area contributed by atoms with E-state index >= 15 is 0 Å². The van der Waals surface area contributed by atoms with Crippen LogP contribution in [0.1, 0.15) is 43.1 Å². The quantitative estimate of drug-likeness (QED) is 0.639. The van der Waals surface area contributed by atoms with Gasteiger partial charge in [0.05, 0.1) is 16.6 Å². The molecule has 0 aromatic carbocycles. The number of primary amides is 1. The van der Waals surface area contributed by atoms with Crippen LogP contribution in [0.2, 0.25) is 0 Å². The van der Waals surface area contributed by atoms with Crippen molar-refractivity contribution >= 4 is 29.4 Å². The summed E-state index contributed by atoms with van der Waals surface area (Å²) in [5, 5.41) is 3.64. The number of H-pyrrole nitrogens is 1. The molecule has 0 saturated carbocycles. The van der Waals surface area contributed by atoms with Gasteiger partial charge < -0.3 is 16.0 Å². The summed E-state index contributed by atoms with van der Waals surface area (Å²) in [5.74, 6) is -0.302. The second-order valence-corrected chi connectivity index (χ2v) is 6.01. The lowest BCUT2D eigenvalue weighted by Gasteiger charge is -2.26. The van der Waals surface area contributed by atoms with E-state index in [2.05, 4.69) is 22.1 Å². The van der Waals surface area contributed by atoms with Crippen molar-refractivity contribution in [2.45, 2.75) is 45.2 Å². The van der Waals surface area contributed by atoms with Gasteiger partial charge in [0.25, 0.3) is 5.91 Å². The number of hydrogen-bond acceptors (Lipinski definition) is 4. The number of aromatic amines is 1. The third kappa shape index (κ3) is 4.04. The molecule has 0 aliphatic heterocycles. The molecule has 1 heterocycles. The molecule has 2 amide bonds.